The molecule has 14 heavy (non-hydrogen) atoms. The van der Waals surface area contributed by atoms with Gasteiger partial charge in [0, 0.05) is 18.0 Å². The van der Waals surface area contributed by atoms with Crippen LogP contribution in [0.5, 0.6) is 0 Å². The smallest absolute Gasteiger partial charge is 0.169 e. The fourth-order valence-corrected chi connectivity index (χ4v) is 2.52. The molecule has 2 heterocycles. The molecule has 0 amide bonds. The first kappa shape index (κ1) is 10.2. The molecule has 1 aromatic rings. The van der Waals surface area contributed by atoms with Gasteiger partial charge in [-0.15, -0.1) is 0 Å². The predicted octanol–water partition coefficient (Wildman–Crippen LogP) is 3.28. The SMILES string of the molecule is CC(C)C1NCCCc2oc(Br)cc21. The van der Waals surface area contributed by atoms with Gasteiger partial charge in [0.15, 0.2) is 4.67 Å². The fraction of sp³-hybridized carbons (Fsp3) is 0.636. The number of aryl methyl sites for hydroxylation is 1. The molecule has 1 aliphatic rings. The third-order valence-electron chi connectivity index (χ3n) is 2.76. The molecule has 1 atom stereocenters. The molecular weight excluding hydrogens is 242 g/mol. The van der Waals surface area contributed by atoms with E-state index >= 15 is 0 Å². The Morgan fingerprint density at radius 2 is 2.36 bits per heavy atom. The van der Waals surface area contributed by atoms with Crippen LogP contribution >= 0.6 is 15.9 Å². The van der Waals surface area contributed by atoms with Crippen molar-refractivity contribution in [3.05, 3.63) is 22.1 Å². The van der Waals surface area contributed by atoms with Crippen molar-refractivity contribution in [2.75, 3.05) is 6.54 Å². The maximum absolute atomic E-state index is 5.64. The lowest BCUT2D eigenvalue weighted by molar-refractivity contribution is 0.418. The fourth-order valence-electron chi connectivity index (χ4n) is 2.08. The molecule has 0 saturated carbocycles. The number of nitrogens with one attached hydrogen (secondary N) is 1. The number of halogens is 1. The first-order valence-corrected chi connectivity index (χ1v) is 5.99. The van der Waals surface area contributed by atoms with Gasteiger partial charge in [0.2, 0.25) is 0 Å². The van der Waals surface area contributed by atoms with Gasteiger partial charge in [-0.1, -0.05) is 13.8 Å². The molecule has 1 N–H and O–H groups in total. The molecule has 0 fully saturated rings. The molecule has 0 spiro atoms. The summed E-state index contributed by atoms with van der Waals surface area (Å²) in [4.78, 5) is 0. The van der Waals surface area contributed by atoms with Crippen molar-refractivity contribution in [2.24, 2.45) is 5.92 Å². The lowest BCUT2D eigenvalue weighted by Gasteiger charge is -2.19. The molecule has 1 aromatic heterocycles. The highest BCUT2D eigenvalue weighted by Crippen LogP contribution is 2.32. The summed E-state index contributed by atoms with van der Waals surface area (Å²) in [5, 5.41) is 3.57. The van der Waals surface area contributed by atoms with Gasteiger partial charge < -0.3 is 9.73 Å². The van der Waals surface area contributed by atoms with Crippen molar-refractivity contribution in [3.8, 4) is 0 Å². The summed E-state index contributed by atoms with van der Waals surface area (Å²) in [6.07, 6.45) is 2.22. The van der Waals surface area contributed by atoms with E-state index < -0.39 is 0 Å². The number of hydrogen-bond donors (Lipinski definition) is 1. The summed E-state index contributed by atoms with van der Waals surface area (Å²) < 4.78 is 6.50. The second-order valence-electron chi connectivity index (χ2n) is 4.21. The van der Waals surface area contributed by atoms with E-state index in [9.17, 15) is 0 Å². The van der Waals surface area contributed by atoms with E-state index in [0.29, 0.717) is 12.0 Å². The first-order chi connectivity index (χ1) is 6.68. The Hall–Kier alpha value is -0.280. The molecule has 0 bridgehead atoms. The van der Waals surface area contributed by atoms with Gasteiger partial charge in [-0.25, -0.2) is 0 Å². The van der Waals surface area contributed by atoms with Crippen LogP contribution in [0.4, 0.5) is 0 Å². The summed E-state index contributed by atoms with van der Waals surface area (Å²) in [6, 6.07) is 2.56. The zero-order valence-corrected chi connectivity index (χ0v) is 10.2. The Labute approximate surface area is 93.2 Å². The van der Waals surface area contributed by atoms with Gasteiger partial charge in [0.1, 0.15) is 5.76 Å². The van der Waals surface area contributed by atoms with Crippen molar-refractivity contribution < 1.29 is 4.42 Å². The molecular formula is C11H16BrNO. The Bertz CT molecular complexity index is 319. The highest BCUT2D eigenvalue weighted by molar-refractivity contribution is 9.10. The van der Waals surface area contributed by atoms with Crippen LogP contribution < -0.4 is 5.32 Å². The Balaban J connectivity index is 2.36. The molecule has 78 valence electrons. The van der Waals surface area contributed by atoms with Crippen LogP contribution in [0, 0.1) is 5.92 Å². The molecule has 1 aliphatic heterocycles. The minimum atomic E-state index is 0.447. The normalized spacial score (nSPS) is 22.1. The van der Waals surface area contributed by atoms with Gasteiger partial charge in [-0.05, 0) is 40.9 Å². The number of hydrogen-bond acceptors (Lipinski definition) is 2. The van der Waals surface area contributed by atoms with Crippen LogP contribution in [0.25, 0.3) is 0 Å². The summed E-state index contributed by atoms with van der Waals surface area (Å²) in [5.74, 6) is 1.76. The van der Waals surface area contributed by atoms with Gasteiger partial charge in [-0.2, -0.15) is 0 Å². The van der Waals surface area contributed by atoms with Gasteiger partial charge in [0.05, 0.1) is 0 Å². The van der Waals surface area contributed by atoms with Crippen molar-refractivity contribution in [1.29, 1.82) is 0 Å². The average molecular weight is 258 g/mol. The molecule has 3 heteroatoms. The van der Waals surface area contributed by atoms with Gasteiger partial charge in [-0.3, -0.25) is 0 Å². The van der Waals surface area contributed by atoms with Crippen LogP contribution in [-0.4, -0.2) is 6.54 Å². The van der Waals surface area contributed by atoms with E-state index in [0.717, 1.165) is 29.8 Å². The van der Waals surface area contributed by atoms with Crippen LogP contribution in [0.15, 0.2) is 15.2 Å². The summed E-state index contributed by atoms with van der Waals surface area (Å²) >= 11 is 3.40. The Morgan fingerprint density at radius 3 is 3.07 bits per heavy atom. The molecule has 0 aromatic carbocycles. The maximum atomic E-state index is 5.64. The number of furan rings is 1. The van der Waals surface area contributed by atoms with Crippen LogP contribution in [0.1, 0.15) is 37.6 Å². The van der Waals surface area contributed by atoms with Crippen LogP contribution in [-0.2, 0) is 6.42 Å². The quantitative estimate of drug-likeness (QED) is 0.836. The second-order valence-corrected chi connectivity index (χ2v) is 4.99. The van der Waals surface area contributed by atoms with E-state index in [1.165, 1.54) is 5.56 Å². The molecule has 2 rings (SSSR count). The van der Waals surface area contributed by atoms with Crippen molar-refractivity contribution in [1.82, 2.24) is 5.32 Å². The first-order valence-electron chi connectivity index (χ1n) is 5.20. The van der Waals surface area contributed by atoms with E-state index in [2.05, 4.69) is 41.2 Å². The largest absolute Gasteiger partial charge is 0.454 e. The van der Waals surface area contributed by atoms with E-state index in [-0.39, 0.29) is 0 Å². The van der Waals surface area contributed by atoms with Crippen molar-refractivity contribution in [2.45, 2.75) is 32.7 Å². The Morgan fingerprint density at radius 1 is 1.57 bits per heavy atom. The summed E-state index contributed by atoms with van der Waals surface area (Å²) in [6.45, 7) is 5.58. The minimum Gasteiger partial charge on any atom is -0.454 e. The van der Waals surface area contributed by atoms with E-state index in [1.807, 2.05) is 0 Å². The van der Waals surface area contributed by atoms with E-state index in [4.69, 9.17) is 4.42 Å². The zero-order chi connectivity index (χ0) is 10.1. The topological polar surface area (TPSA) is 25.2 Å². The number of fused-ring (bicyclic) bond motifs is 1. The minimum absolute atomic E-state index is 0.447. The molecule has 0 aliphatic carbocycles. The predicted molar refractivity (Wildman–Crippen MR) is 60.3 cm³/mol. The van der Waals surface area contributed by atoms with E-state index in [1.54, 1.807) is 0 Å². The highest BCUT2D eigenvalue weighted by atomic mass is 79.9. The third-order valence-corrected chi connectivity index (χ3v) is 3.15. The van der Waals surface area contributed by atoms with Gasteiger partial charge in [0.25, 0.3) is 0 Å². The highest BCUT2D eigenvalue weighted by Gasteiger charge is 2.24. The summed E-state index contributed by atoms with van der Waals surface area (Å²) in [7, 11) is 0. The van der Waals surface area contributed by atoms with Gasteiger partial charge >= 0.3 is 0 Å². The monoisotopic (exact) mass is 257 g/mol. The lowest BCUT2D eigenvalue weighted by atomic mass is 9.97. The molecule has 1 unspecified atom stereocenters. The molecule has 0 radical (unpaired) electrons. The standard InChI is InChI=1S/C11H16BrNO/c1-7(2)11-8-6-10(12)14-9(8)4-3-5-13-11/h6-7,11,13H,3-5H2,1-2H3. The zero-order valence-electron chi connectivity index (χ0n) is 8.64. The number of rotatable bonds is 1. The van der Waals surface area contributed by atoms with Crippen molar-refractivity contribution in [3.63, 3.8) is 0 Å². The second kappa shape index (κ2) is 4.07. The average Bonchev–Trinajstić information content (AvgIpc) is 2.35. The third kappa shape index (κ3) is 1.89. The van der Waals surface area contributed by atoms with Crippen molar-refractivity contribution >= 4 is 15.9 Å². The van der Waals surface area contributed by atoms with Crippen LogP contribution in [0.3, 0.4) is 0 Å². The van der Waals surface area contributed by atoms with Crippen LogP contribution in [0.2, 0.25) is 0 Å². The maximum Gasteiger partial charge on any atom is 0.169 e. The lowest BCUT2D eigenvalue weighted by Crippen LogP contribution is -2.25. The molecule has 2 nitrogen and oxygen atoms in total. The Kier molecular flexibility index (Phi) is 2.98. The molecule has 0 saturated heterocycles. The summed E-state index contributed by atoms with van der Waals surface area (Å²) in [5.41, 5.74) is 1.34.